The number of nitrogens with two attached hydrogens (primary N) is 1. The molecule has 0 bridgehead atoms. The van der Waals surface area contributed by atoms with Crippen molar-refractivity contribution in [1.82, 2.24) is 0 Å². The fourth-order valence-corrected chi connectivity index (χ4v) is 2.85. The highest BCUT2D eigenvalue weighted by molar-refractivity contribution is 5.39. The molecule has 0 aliphatic carbocycles. The number of aliphatic hydroxyl groups is 2. The van der Waals surface area contributed by atoms with Gasteiger partial charge in [-0.2, -0.15) is 13.2 Å². The summed E-state index contributed by atoms with van der Waals surface area (Å²) in [4.78, 5) is 0. The van der Waals surface area contributed by atoms with E-state index in [0.717, 1.165) is 18.2 Å². The maximum Gasteiger partial charge on any atom is 0.419 e. The summed E-state index contributed by atoms with van der Waals surface area (Å²) in [6, 6.07) is 6.76. The second-order valence-electron chi connectivity index (χ2n) is 7.19. The number of hydrogen-bond acceptors (Lipinski definition) is 4. The molecule has 2 aromatic rings. The molecule has 0 fully saturated rings. The molecule has 166 valence electrons. The molecule has 30 heavy (non-hydrogen) atoms. The van der Waals surface area contributed by atoms with Gasteiger partial charge in [-0.1, -0.05) is 12.1 Å². The van der Waals surface area contributed by atoms with E-state index in [2.05, 4.69) is 0 Å². The normalized spacial score (nSPS) is 12.3. The molecule has 0 unspecified atom stereocenters. The summed E-state index contributed by atoms with van der Waals surface area (Å²) in [5, 5.41) is 18.4. The average molecular weight is 433 g/mol. The topological polar surface area (TPSA) is 75.7 Å². The SMILES string of the molecule is NC(CO)(CO)CCc1ccc(OCCCc2ccc(F)cc2F)c(C(F)(F)F)c1. The molecular weight excluding hydrogens is 409 g/mol. The summed E-state index contributed by atoms with van der Waals surface area (Å²) < 4.78 is 72.1. The van der Waals surface area contributed by atoms with Gasteiger partial charge in [-0.15, -0.1) is 0 Å². The Morgan fingerprint density at radius 1 is 0.933 bits per heavy atom. The van der Waals surface area contributed by atoms with Gasteiger partial charge in [0.15, 0.2) is 0 Å². The number of benzene rings is 2. The van der Waals surface area contributed by atoms with Gasteiger partial charge < -0.3 is 20.7 Å². The van der Waals surface area contributed by atoms with E-state index < -0.39 is 42.1 Å². The molecule has 0 saturated carbocycles. The molecule has 2 aromatic carbocycles. The van der Waals surface area contributed by atoms with Gasteiger partial charge in [0.2, 0.25) is 0 Å². The molecule has 0 spiro atoms. The molecule has 4 N–H and O–H groups in total. The van der Waals surface area contributed by atoms with E-state index in [4.69, 9.17) is 10.5 Å². The van der Waals surface area contributed by atoms with Crippen LogP contribution in [0.3, 0.4) is 0 Å². The molecule has 0 radical (unpaired) electrons. The molecule has 0 saturated heterocycles. The fraction of sp³-hybridized carbons (Fsp3) is 0.429. The van der Waals surface area contributed by atoms with Gasteiger partial charge in [-0.05, 0) is 55.0 Å². The van der Waals surface area contributed by atoms with Crippen molar-refractivity contribution in [3.05, 3.63) is 64.7 Å². The molecule has 0 aromatic heterocycles. The molecular formula is C21H24F5NO3. The van der Waals surface area contributed by atoms with Crippen molar-refractivity contribution in [3.8, 4) is 5.75 Å². The number of halogens is 5. The highest BCUT2D eigenvalue weighted by atomic mass is 19.4. The van der Waals surface area contributed by atoms with E-state index in [-0.39, 0.29) is 43.6 Å². The van der Waals surface area contributed by atoms with Crippen molar-refractivity contribution < 1.29 is 36.9 Å². The molecule has 0 heterocycles. The van der Waals surface area contributed by atoms with Gasteiger partial charge in [0.1, 0.15) is 17.4 Å². The van der Waals surface area contributed by atoms with Crippen LogP contribution in [-0.2, 0) is 19.0 Å². The van der Waals surface area contributed by atoms with Crippen LogP contribution in [0.15, 0.2) is 36.4 Å². The lowest BCUT2D eigenvalue weighted by molar-refractivity contribution is -0.139. The van der Waals surface area contributed by atoms with E-state index >= 15 is 0 Å². The predicted octanol–water partition coefficient (Wildman–Crippen LogP) is 3.61. The largest absolute Gasteiger partial charge is 0.493 e. The monoisotopic (exact) mass is 433 g/mol. The van der Waals surface area contributed by atoms with Crippen molar-refractivity contribution in [2.45, 2.75) is 37.4 Å². The van der Waals surface area contributed by atoms with Crippen molar-refractivity contribution in [2.24, 2.45) is 5.73 Å². The molecule has 0 aliphatic heterocycles. The van der Waals surface area contributed by atoms with Crippen LogP contribution >= 0.6 is 0 Å². The number of aryl methyl sites for hydroxylation is 2. The van der Waals surface area contributed by atoms with Crippen molar-refractivity contribution >= 4 is 0 Å². The van der Waals surface area contributed by atoms with Gasteiger partial charge in [-0.3, -0.25) is 0 Å². The summed E-state index contributed by atoms with van der Waals surface area (Å²) in [6.07, 6.45) is -4.00. The van der Waals surface area contributed by atoms with Gasteiger partial charge >= 0.3 is 6.18 Å². The van der Waals surface area contributed by atoms with Crippen LogP contribution < -0.4 is 10.5 Å². The first-order valence-electron chi connectivity index (χ1n) is 9.35. The lowest BCUT2D eigenvalue weighted by atomic mass is 9.93. The summed E-state index contributed by atoms with van der Waals surface area (Å²) in [5.74, 6) is -1.77. The smallest absolute Gasteiger partial charge is 0.419 e. The maximum atomic E-state index is 13.6. The average Bonchev–Trinajstić information content (AvgIpc) is 2.70. The maximum absolute atomic E-state index is 13.6. The van der Waals surface area contributed by atoms with Crippen LogP contribution in [0.5, 0.6) is 5.75 Å². The highest BCUT2D eigenvalue weighted by Gasteiger charge is 2.35. The summed E-state index contributed by atoms with van der Waals surface area (Å²) in [7, 11) is 0. The van der Waals surface area contributed by atoms with Crippen molar-refractivity contribution in [1.29, 1.82) is 0 Å². The van der Waals surface area contributed by atoms with E-state index in [1.807, 2.05) is 0 Å². The second-order valence-corrected chi connectivity index (χ2v) is 7.19. The first-order chi connectivity index (χ1) is 14.1. The molecule has 0 atom stereocenters. The zero-order valence-corrected chi connectivity index (χ0v) is 16.2. The van der Waals surface area contributed by atoms with Gasteiger partial charge in [0.25, 0.3) is 0 Å². The zero-order chi connectivity index (χ0) is 22.4. The standard InChI is InChI=1S/C21H24F5NO3/c22-16-5-4-15(18(23)11-16)2-1-9-30-19-6-3-14(10-17(19)21(24,25)26)7-8-20(27,12-28)13-29/h3-6,10-11,28-29H,1-2,7-9,12-13,27H2. The molecule has 0 aliphatic rings. The van der Waals surface area contributed by atoms with Crippen LogP contribution in [0.25, 0.3) is 0 Å². The van der Waals surface area contributed by atoms with Crippen molar-refractivity contribution in [3.63, 3.8) is 0 Å². The third-order valence-electron chi connectivity index (χ3n) is 4.75. The van der Waals surface area contributed by atoms with Gasteiger partial charge in [0.05, 0.1) is 30.9 Å². The molecule has 2 rings (SSSR count). The second kappa shape index (κ2) is 10.2. The third kappa shape index (κ3) is 6.65. The number of alkyl halides is 3. The van der Waals surface area contributed by atoms with Crippen LogP contribution in [0.1, 0.15) is 29.5 Å². The molecule has 0 amide bonds. The van der Waals surface area contributed by atoms with Gasteiger partial charge in [-0.25, -0.2) is 8.78 Å². The Bertz CT molecular complexity index is 838. The summed E-state index contributed by atoms with van der Waals surface area (Å²) in [5.41, 5.74) is 4.11. The molecule has 4 nitrogen and oxygen atoms in total. The Kier molecular flexibility index (Phi) is 8.17. The summed E-state index contributed by atoms with van der Waals surface area (Å²) in [6.45, 7) is -1.07. The van der Waals surface area contributed by atoms with E-state index in [9.17, 15) is 32.2 Å². The van der Waals surface area contributed by atoms with E-state index in [0.29, 0.717) is 5.56 Å². The number of hydrogen-bond donors (Lipinski definition) is 3. The van der Waals surface area contributed by atoms with Crippen molar-refractivity contribution in [2.75, 3.05) is 19.8 Å². The van der Waals surface area contributed by atoms with Crippen LogP contribution in [0, 0.1) is 11.6 Å². The Morgan fingerprint density at radius 2 is 1.63 bits per heavy atom. The Hall–Kier alpha value is -2.23. The minimum absolute atomic E-state index is 0.0832. The van der Waals surface area contributed by atoms with Crippen LogP contribution in [-0.4, -0.2) is 35.6 Å². The number of aliphatic hydroxyl groups excluding tert-OH is 2. The molecule has 9 heteroatoms. The van der Waals surface area contributed by atoms with Crippen LogP contribution in [0.2, 0.25) is 0 Å². The minimum Gasteiger partial charge on any atom is -0.493 e. The predicted molar refractivity (Wildman–Crippen MR) is 101 cm³/mol. The highest BCUT2D eigenvalue weighted by Crippen LogP contribution is 2.37. The lowest BCUT2D eigenvalue weighted by Gasteiger charge is -2.24. The first kappa shape index (κ1) is 24.0. The Labute approximate surface area is 171 Å². The zero-order valence-electron chi connectivity index (χ0n) is 16.2. The van der Waals surface area contributed by atoms with E-state index in [1.54, 1.807) is 0 Å². The summed E-state index contributed by atoms with van der Waals surface area (Å²) >= 11 is 0. The fourth-order valence-electron chi connectivity index (χ4n) is 2.85. The first-order valence-corrected chi connectivity index (χ1v) is 9.35. The lowest BCUT2D eigenvalue weighted by Crippen LogP contribution is -2.47. The van der Waals surface area contributed by atoms with Crippen LogP contribution in [0.4, 0.5) is 22.0 Å². The minimum atomic E-state index is -4.65. The number of ether oxygens (including phenoxy) is 1. The quantitative estimate of drug-likeness (QED) is 0.395. The Balaban J connectivity index is 2.02. The van der Waals surface area contributed by atoms with Gasteiger partial charge in [0, 0.05) is 6.07 Å². The third-order valence-corrected chi connectivity index (χ3v) is 4.75. The Morgan fingerprint density at radius 3 is 2.23 bits per heavy atom. The number of rotatable bonds is 10. The van der Waals surface area contributed by atoms with E-state index in [1.165, 1.54) is 18.2 Å².